The number of nitrogens with one attached hydrogen (secondary N) is 1. The quantitative estimate of drug-likeness (QED) is 0.746. The van der Waals surface area contributed by atoms with E-state index < -0.39 is 0 Å². The van der Waals surface area contributed by atoms with Gasteiger partial charge < -0.3 is 4.90 Å². The van der Waals surface area contributed by atoms with Crippen molar-refractivity contribution in [2.75, 3.05) is 26.2 Å². The second-order valence-corrected chi connectivity index (χ2v) is 4.41. The minimum absolute atomic E-state index is 0.0100. The topological polar surface area (TPSA) is 65.1 Å². The van der Waals surface area contributed by atoms with Crippen LogP contribution in [0, 0.1) is 0 Å². The molecule has 1 aliphatic heterocycles. The fraction of sp³-hybridized carbons (Fsp3) is 0.700. The van der Waals surface area contributed by atoms with Crippen LogP contribution in [0.25, 0.3) is 0 Å². The first-order valence-corrected chi connectivity index (χ1v) is 5.74. The van der Waals surface area contributed by atoms with Gasteiger partial charge in [0.2, 0.25) is 0 Å². The van der Waals surface area contributed by atoms with Crippen LogP contribution in [0.3, 0.4) is 0 Å². The van der Waals surface area contributed by atoms with Crippen LogP contribution in [0.2, 0.25) is 0 Å². The number of aromatic nitrogens is 3. The highest BCUT2D eigenvalue weighted by molar-refractivity contribution is 5.91. The molecule has 0 bridgehead atoms. The van der Waals surface area contributed by atoms with E-state index >= 15 is 0 Å². The Morgan fingerprint density at radius 1 is 1.31 bits per heavy atom. The van der Waals surface area contributed by atoms with E-state index in [-0.39, 0.29) is 5.91 Å². The molecule has 0 spiro atoms. The predicted octanol–water partition coefficient (Wildman–Crippen LogP) is -0.275. The largest absolute Gasteiger partial charge is 0.335 e. The molecule has 1 aromatic heterocycles. The Balaban J connectivity index is 1.59. The first kappa shape index (κ1) is 9.77. The van der Waals surface area contributed by atoms with Gasteiger partial charge in [-0.15, -0.1) is 0 Å². The summed E-state index contributed by atoms with van der Waals surface area (Å²) in [5.74, 6) is -0.0100. The van der Waals surface area contributed by atoms with Gasteiger partial charge in [0.25, 0.3) is 5.91 Å². The van der Waals surface area contributed by atoms with E-state index in [1.54, 1.807) is 0 Å². The number of rotatable bonds is 2. The van der Waals surface area contributed by atoms with E-state index in [2.05, 4.69) is 20.3 Å². The number of amides is 1. The van der Waals surface area contributed by atoms with E-state index in [0.29, 0.717) is 5.69 Å². The van der Waals surface area contributed by atoms with Gasteiger partial charge in [-0.05, 0) is 12.8 Å². The molecule has 2 heterocycles. The molecule has 0 aromatic carbocycles. The predicted molar refractivity (Wildman–Crippen MR) is 56.9 cm³/mol. The molecule has 1 aliphatic carbocycles. The second-order valence-electron chi connectivity index (χ2n) is 4.41. The van der Waals surface area contributed by atoms with E-state index in [4.69, 9.17) is 0 Å². The van der Waals surface area contributed by atoms with E-state index in [0.717, 1.165) is 32.2 Å². The number of H-pyrrole nitrogens is 1. The zero-order valence-corrected chi connectivity index (χ0v) is 9.09. The van der Waals surface area contributed by atoms with Gasteiger partial charge in [0.15, 0.2) is 5.69 Å². The van der Waals surface area contributed by atoms with Crippen molar-refractivity contribution < 1.29 is 4.79 Å². The van der Waals surface area contributed by atoms with Crippen molar-refractivity contribution in [2.45, 2.75) is 18.9 Å². The van der Waals surface area contributed by atoms with Gasteiger partial charge in [0, 0.05) is 32.2 Å². The van der Waals surface area contributed by atoms with Crippen molar-refractivity contribution in [2.24, 2.45) is 0 Å². The van der Waals surface area contributed by atoms with Gasteiger partial charge in [-0.2, -0.15) is 15.4 Å². The third kappa shape index (κ3) is 1.80. The first-order chi connectivity index (χ1) is 7.84. The highest BCUT2D eigenvalue weighted by Gasteiger charge is 2.32. The molecule has 6 nitrogen and oxygen atoms in total. The molecule has 3 rings (SSSR count). The number of nitrogens with zero attached hydrogens (tertiary/aromatic N) is 4. The Hall–Kier alpha value is -1.43. The molecule has 0 radical (unpaired) electrons. The van der Waals surface area contributed by atoms with Gasteiger partial charge in [-0.3, -0.25) is 9.69 Å². The van der Waals surface area contributed by atoms with Crippen LogP contribution < -0.4 is 0 Å². The van der Waals surface area contributed by atoms with Crippen molar-refractivity contribution in [3.8, 4) is 0 Å². The summed E-state index contributed by atoms with van der Waals surface area (Å²) >= 11 is 0. The van der Waals surface area contributed by atoms with E-state index in [1.807, 2.05) is 4.90 Å². The van der Waals surface area contributed by atoms with Crippen molar-refractivity contribution in [3.05, 3.63) is 11.9 Å². The van der Waals surface area contributed by atoms with E-state index in [9.17, 15) is 4.79 Å². The maximum atomic E-state index is 11.9. The van der Waals surface area contributed by atoms with Crippen molar-refractivity contribution >= 4 is 5.91 Å². The summed E-state index contributed by atoms with van der Waals surface area (Å²) in [7, 11) is 0. The zero-order chi connectivity index (χ0) is 11.0. The van der Waals surface area contributed by atoms with Crippen LogP contribution in [-0.4, -0.2) is 63.3 Å². The van der Waals surface area contributed by atoms with Crippen molar-refractivity contribution in [1.82, 2.24) is 25.2 Å². The second kappa shape index (κ2) is 3.86. The molecule has 2 fully saturated rings. The average Bonchev–Trinajstić information content (AvgIpc) is 3.04. The summed E-state index contributed by atoms with van der Waals surface area (Å²) < 4.78 is 0. The van der Waals surface area contributed by atoms with Crippen LogP contribution in [0.15, 0.2) is 6.20 Å². The van der Waals surface area contributed by atoms with Gasteiger partial charge in [-0.25, -0.2) is 0 Å². The smallest absolute Gasteiger partial charge is 0.276 e. The Morgan fingerprint density at radius 3 is 2.62 bits per heavy atom. The maximum Gasteiger partial charge on any atom is 0.276 e. The van der Waals surface area contributed by atoms with Crippen molar-refractivity contribution in [1.29, 1.82) is 0 Å². The highest BCUT2D eigenvalue weighted by atomic mass is 16.2. The van der Waals surface area contributed by atoms with Gasteiger partial charge in [-0.1, -0.05) is 0 Å². The Kier molecular flexibility index (Phi) is 2.36. The summed E-state index contributed by atoms with van der Waals surface area (Å²) in [5, 5.41) is 9.94. The summed E-state index contributed by atoms with van der Waals surface area (Å²) in [5.41, 5.74) is 0.417. The molecule has 0 unspecified atom stereocenters. The maximum absolute atomic E-state index is 11.9. The summed E-state index contributed by atoms with van der Waals surface area (Å²) in [6, 6.07) is 0.796. The standard InChI is InChI=1S/C10H15N5O/c16-10(9-7-11-13-12-9)15-5-3-14(4-6-15)8-1-2-8/h7-8H,1-6H2,(H,11,12,13). The molecular weight excluding hydrogens is 206 g/mol. The number of piperazine rings is 1. The lowest BCUT2D eigenvalue weighted by molar-refractivity contribution is 0.0621. The Bertz CT molecular complexity index is 365. The number of carbonyl (C=O) groups is 1. The molecular formula is C10H15N5O. The third-order valence-corrected chi connectivity index (χ3v) is 3.30. The summed E-state index contributed by atoms with van der Waals surface area (Å²) in [6.45, 7) is 3.60. The number of carbonyl (C=O) groups excluding carboxylic acids is 1. The monoisotopic (exact) mass is 221 g/mol. The van der Waals surface area contributed by atoms with Gasteiger partial charge in [0.05, 0.1) is 6.20 Å². The Labute approximate surface area is 93.6 Å². The fourth-order valence-electron chi connectivity index (χ4n) is 2.20. The van der Waals surface area contributed by atoms with Crippen LogP contribution in [0.5, 0.6) is 0 Å². The zero-order valence-electron chi connectivity index (χ0n) is 9.09. The van der Waals surface area contributed by atoms with Crippen LogP contribution in [-0.2, 0) is 0 Å². The summed E-state index contributed by atoms with van der Waals surface area (Å²) in [4.78, 5) is 16.3. The van der Waals surface area contributed by atoms with Crippen molar-refractivity contribution in [3.63, 3.8) is 0 Å². The normalized spacial score (nSPS) is 22.4. The molecule has 2 aliphatic rings. The van der Waals surface area contributed by atoms with E-state index in [1.165, 1.54) is 19.0 Å². The van der Waals surface area contributed by atoms with Gasteiger partial charge in [0.1, 0.15) is 0 Å². The number of hydrogen-bond acceptors (Lipinski definition) is 4. The first-order valence-electron chi connectivity index (χ1n) is 5.74. The molecule has 1 saturated heterocycles. The van der Waals surface area contributed by atoms with Gasteiger partial charge >= 0.3 is 0 Å². The molecule has 1 N–H and O–H groups in total. The lowest BCUT2D eigenvalue weighted by atomic mass is 10.3. The Morgan fingerprint density at radius 2 is 2.06 bits per heavy atom. The molecule has 1 amide bonds. The number of aromatic amines is 1. The molecule has 1 saturated carbocycles. The minimum atomic E-state index is -0.0100. The SMILES string of the molecule is O=C(c1cn[nH]n1)N1CCN(C2CC2)CC1. The molecule has 1 aromatic rings. The summed E-state index contributed by atoms with van der Waals surface area (Å²) in [6.07, 6.45) is 4.14. The fourth-order valence-corrected chi connectivity index (χ4v) is 2.20. The molecule has 6 heteroatoms. The lowest BCUT2D eigenvalue weighted by Crippen LogP contribution is -2.49. The minimum Gasteiger partial charge on any atom is -0.335 e. The molecule has 0 atom stereocenters. The third-order valence-electron chi connectivity index (χ3n) is 3.30. The van der Waals surface area contributed by atoms with Crippen LogP contribution in [0.4, 0.5) is 0 Å². The molecule has 86 valence electrons. The highest BCUT2D eigenvalue weighted by Crippen LogP contribution is 2.27. The number of hydrogen-bond donors (Lipinski definition) is 1. The molecule has 16 heavy (non-hydrogen) atoms. The lowest BCUT2D eigenvalue weighted by Gasteiger charge is -2.34. The van der Waals surface area contributed by atoms with Crippen LogP contribution >= 0.6 is 0 Å². The average molecular weight is 221 g/mol. The van der Waals surface area contributed by atoms with Crippen LogP contribution in [0.1, 0.15) is 23.3 Å².